The molecule has 0 aliphatic heterocycles. The lowest BCUT2D eigenvalue weighted by molar-refractivity contribution is -0.0536. The number of halogens is 2. The Labute approximate surface area is 132 Å². The van der Waals surface area contributed by atoms with Crippen LogP contribution < -0.4 is 4.74 Å². The Bertz CT molecular complexity index is 712. The summed E-state index contributed by atoms with van der Waals surface area (Å²) in [5.41, 5.74) is 2.41. The second kappa shape index (κ2) is 6.96. The quantitative estimate of drug-likeness (QED) is 0.706. The molecule has 5 heteroatoms. The molecule has 0 saturated carbocycles. The average Bonchev–Trinajstić information content (AvgIpc) is 2.58. The van der Waals surface area contributed by atoms with Crippen LogP contribution in [0.25, 0.3) is 0 Å². The molecule has 0 spiro atoms. The van der Waals surface area contributed by atoms with Crippen LogP contribution >= 0.6 is 0 Å². The predicted octanol–water partition coefficient (Wildman–Crippen LogP) is 4.26. The maximum absolute atomic E-state index is 12.7. The van der Waals surface area contributed by atoms with Gasteiger partial charge in [0, 0.05) is 17.7 Å². The SMILES string of the molecule is FC(F)Oc1ncncc1C(c1ccccc1)c1ccccc1. The third-order valence-corrected chi connectivity index (χ3v) is 3.48. The number of alkyl halides is 2. The minimum absolute atomic E-state index is 0.104. The fraction of sp³-hybridized carbons (Fsp3) is 0.111. The van der Waals surface area contributed by atoms with Crippen molar-refractivity contribution in [2.45, 2.75) is 12.5 Å². The van der Waals surface area contributed by atoms with Gasteiger partial charge < -0.3 is 4.74 Å². The summed E-state index contributed by atoms with van der Waals surface area (Å²) in [6.45, 7) is -2.93. The van der Waals surface area contributed by atoms with Gasteiger partial charge in [-0.25, -0.2) is 9.97 Å². The molecule has 1 heterocycles. The van der Waals surface area contributed by atoms with E-state index in [1.165, 1.54) is 12.5 Å². The highest BCUT2D eigenvalue weighted by atomic mass is 19.3. The van der Waals surface area contributed by atoms with Crippen molar-refractivity contribution < 1.29 is 13.5 Å². The summed E-state index contributed by atoms with van der Waals surface area (Å²) in [7, 11) is 0. The van der Waals surface area contributed by atoms with E-state index in [0.717, 1.165) is 11.1 Å². The summed E-state index contributed by atoms with van der Waals surface area (Å²) >= 11 is 0. The monoisotopic (exact) mass is 312 g/mol. The van der Waals surface area contributed by atoms with E-state index in [2.05, 4.69) is 14.7 Å². The maximum Gasteiger partial charge on any atom is 0.388 e. The zero-order chi connectivity index (χ0) is 16.1. The molecule has 116 valence electrons. The molecule has 0 amide bonds. The number of aromatic nitrogens is 2. The van der Waals surface area contributed by atoms with E-state index < -0.39 is 6.61 Å². The largest absolute Gasteiger partial charge is 0.416 e. The summed E-state index contributed by atoms with van der Waals surface area (Å²) in [4.78, 5) is 7.87. The van der Waals surface area contributed by atoms with Gasteiger partial charge in [0.2, 0.25) is 5.88 Å². The fourth-order valence-electron chi connectivity index (χ4n) is 2.55. The van der Waals surface area contributed by atoms with Crippen LogP contribution in [0.1, 0.15) is 22.6 Å². The predicted molar refractivity (Wildman–Crippen MR) is 82.5 cm³/mol. The molecule has 3 rings (SSSR count). The molecule has 2 aromatic carbocycles. The lowest BCUT2D eigenvalue weighted by Crippen LogP contribution is -2.11. The molecule has 0 N–H and O–H groups in total. The van der Waals surface area contributed by atoms with E-state index in [9.17, 15) is 8.78 Å². The first-order valence-corrected chi connectivity index (χ1v) is 7.10. The number of benzene rings is 2. The summed E-state index contributed by atoms with van der Waals surface area (Å²) in [5.74, 6) is -0.389. The van der Waals surface area contributed by atoms with Crippen molar-refractivity contribution in [3.05, 3.63) is 89.9 Å². The van der Waals surface area contributed by atoms with Crippen LogP contribution in [0.15, 0.2) is 73.2 Å². The Balaban J connectivity index is 2.14. The molecular formula is C18H14F2N2O. The van der Waals surface area contributed by atoms with Crippen LogP contribution in [0.2, 0.25) is 0 Å². The highest BCUT2D eigenvalue weighted by Gasteiger charge is 2.23. The van der Waals surface area contributed by atoms with E-state index in [0.29, 0.717) is 5.56 Å². The maximum atomic E-state index is 12.7. The molecule has 0 aliphatic rings. The van der Waals surface area contributed by atoms with E-state index in [1.807, 2.05) is 60.7 Å². The Morgan fingerprint density at radius 1 is 0.826 bits per heavy atom. The van der Waals surface area contributed by atoms with E-state index in [4.69, 9.17) is 0 Å². The van der Waals surface area contributed by atoms with Gasteiger partial charge in [-0.1, -0.05) is 60.7 Å². The zero-order valence-electron chi connectivity index (χ0n) is 12.1. The van der Waals surface area contributed by atoms with Gasteiger partial charge in [-0.3, -0.25) is 0 Å². The van der Waals surface area contributed by atoms with Crippen LogP contribution in [0.4, 0.5) is 8.78 Å². The number of rotatable bonds is 5. The van der Waals surface area contributed by atoms with Crippen LogP contribution in [-0.2, 0) is 0 Å². The van der Waals surface area contributed by atoms with Crippen molar-refractivity contribution in [2.75, 3.05) is 0 Å². The number of ether oxygens (including phenoxy) is 1. The molecule has 0 bridgehead atoms. The number of hydrogen-bond donors (Lipinski definition) is 0. The zero-order valence-corrected chi connectivity index (χ0v) is 12.1. The molecule has 0 unspecified atom stereocenters. The van der Waals surface area contributed by atoms with Crippen molar-refractivity contribution in [3.63, 3.8) is 0 Å². The summed E-state index contributed by atoms with van der Waals surface area (Å²) in [6.07, 6.45) is 2.73. The molecular weight excluding hydrogens is 298 g/mol. The normalized spacial score (nSPS) is 11.0. The lowest BCUT2D eigenvalue weighted by Gasteiger charge is -2.20. The van der Waals surface area contributed by atoms with Crippen molar-refractivity contribution in [3.8, 4) is 5.88 Å². The third kappa shape index (κ3) is 3.51. The van der Waals surface area contributed by atoms with E-state index >= 15 is 0 Å². The van der Waals surface area contributed by atoms with Crippen molar-refractivity contribution in [1.82, 2.24) is 9.97 Å². The van der Waals surface area contributed by atoms with Gasteiger partial charge in [0.1, 0.15) is 6.33 Å². The highest BCUT2D eigenvalue weighted by molar-refractivity contribution is 5.45. The molecule has 3 aromatic rings. The first-order valence-electron chi connectivity index (χ1n) is 7.10. The molecule has 0 aliphatic carbocycles. The van der Waals surface area contributed by atoms with Crippen molar-refractivity contribution >= 4 is 0 Å². The first kappa shape index (κ1) is 15.1. The van der Waals surface area contributed by atoms with Gasteiger partial charge in [0.05, 0.1) is 0 Å². The van der Waals surface area contributed by atoms with Gasteiger partial charge in [0.25, 0.3) is 0 Å². The van der Waals surface area contributed by atoms with Gasteiger partial charge in [0.15, 0.2) is 0 Å². The second-order valence-corrected chi connectivity index (χ2v) is 4.92. The van der Waals surface area contributed by atoms with E-state index in [1.54, 1.807) is 0 Å². The Morgan fingerprint density at radius 3 is 1.91 bits per heavy atom. The minimum Gasteiger partial charge on any atom is -0.416 e. The number of nitrogens with zero attached hydrogens (tertiary/aromatic N) is 2. The molecule has 3 nitrogen and oxygen atoms in total. The van der Waals surface area contributed by atoms with Crippen LogP contribution in [0.3, 0.4) is 0 Å². The Morgan fingerprint density at radius 2 is 1.39 bits per heavy atom. The van der Waals surface area contributed by atoms with Gasteiger partial charge in [-0.2, -0.15) is 8.78 Å². The van der Waals surface area contributed by atoms with Gasteiger partial charge in [-0.15, -0.1) is 0 Å². The van der Waals surface area contributed by atoms with E-state index in [-0.39, 0.29) is 11.8 Å². The third-order valence-electron chi connectivity index (χ3n) is 3.48. The van der Waals surface area contributed by atoms with Crippen LogP contribution in [-0.4, -0.2) is 16.6 Å². The first-order chi connectivity index (χ1) is 11.3. The summed E-state index contributed by atoms with van der Waals surface area (Å²) in [6, 6.07) is 19.2. The summed E-state index contributed by atoms with van der Waals surface area (Å²) < 4.78 is 30.0. The Hall–Kier alpha value is -2.82. The molecule has 23 heavy (non-hydrogen) atoms. The van der Waals surface area contributed by atoms with Crippen molar-refractivity contribution in [2.24, 2.45) is 0 Å². The van der Waals surface area contributed by atoms with Crippen LogP contribution in [0, 0.1) is 0 Å². The summed E-state index contributed by atoms with van der Waals surface area (Å²) in [5, 5.41) is 0. The molecule has 0 radical (unpaired) electrons. The van der Waals surface area contributed by atoms with Gasteiger partial charge in [-0.05, 0) is 11.1 Å². The van der Waals surface area contributed by atoms with Crippen molar-refractivity contribution in [1.29, 1.82) is 0 Å². The molecule has 1 aromatic heterocycles. The Kier molecular flexibility index (Phi) is 4.57. The number of hydrogen-bond acceptors (Lipinski definition) is 3. The molecule has 0 saturated heterocycles. The average molecular weight is 312 g/mol. The molecule has 0 atom stereocenters. The molecule has 0 fully saturated rings. The lowest BCUT2D eigenvalue weighted by atomic mass is 9.86. The smallest absolute Gasteiger partial charge is 0.388 e. The standard InChI is InChI=1S/C18H14F2N2O/c19-18(20)23-17-15(11-21-12-22-17)16(13-7-3-1-4-8-13)14-9-5-2-6-10-14/h1-12,16,18H. The highest BCUT2D eigenvalue weighted by Crippen LogP contribution is 2.35. The fourth-order valence-corrected chi connectivity index (χ4v) is 2.55. The minimum atomic E-state index is -2.93. The topological polar surface area (TPSA) is 35.0 Å². The second-order valence-electron chi connectivity index (χ2n) is 4.92. The van der Waals surface area contributed by atoms with Crippen LogP contribution in [0.5, 0.6) is 5.88 Å². The van der Waals surface area contributed by atoms with Gasteiger partial charge >= 0.3 is 6.61 Å².